The average molecular weight is 262 g/mol. The molecule has 2 N–H and O–H groups in total. The fourth-order valence-electron chi connectivity index (χ4n) is 2.63. The predicted octanol–water partition coefficient (Wildman–Crippen LogP) is 1.76. The number of aromatic nitrogens is 1. The number of hydrogen-bond donors (Lipinski definition) is 2. The maximum atomic E-state index is 12.2. The van der Waals surface area contributed by atoms with Gasteiger partial charge < -0.3 is 10.4 Å². The summed E-state index contributed by atoms with van der Waals surface area (Å²) in [5, 5.41) is 12.0. The maximum Gasteiger partial charge on any atom is 0.307 e. The van der Waals surface area contributed by atoms with E-state index in [9.17, 15) is 9.59 Å². The number of carboxylic acid groups (broad SMARTS) is 1. The Morgan fingerprint density at radius 1 is 1.32 bits per heavy atom. The van der Waals surface area contributed by atoms with Gasteiger partial charge in [-0.3, -0.25) is 14.6 Å². The second kappa shape index (κ2) is 5.82. The summed E-state index contributed by atoms with van der Waals surface area (Å²) in [6.45, 7) is 1.89. The van der Waals surface area contributed by atoms with Crippen molar-refractivity contribution < 1.29 is 14.7 Å². The number of pyridine rings is 1. The number of nitrogens with zero attached hydrogens (tertiary/aromatic N) is 1. The van der Waals surface area contributed by atoms with Gasteiger partial charge in [0.1, 0.15) is 0 Å². The van der Waals surface area contributed by atoms with Crippen molar-refractivity contribution >= 4 is 11.9 Å². The van der Waals surface area contributed by atoms with Gasteiger partial charge in [-0.15, -0.1) is 0 Å². The molecule has 0 bridgehead atoms. The first-order valence-corrected chi connectivity index (χ1v) is 6.52. The number of carboxylic acids is 1. The molecule has 0 aromatic carbocycles. The lowest BCUT2D eigenvalue weighted by molar-refractivity contribution is -0.146. The molecule has 1 saturated carbocycles. The molecular weight excluding hydrogens is 244 g/mol. The lowest BCUT2D eigenvalue weighted by Gasteiger charge is -2.19. The molecule has 1 heterocycles. The summed E-state index contributed by atoms with van der Waals surface area (Å²) in [4.78, 5) is 27.2. The number of nitrogens with one attached hydrogen (secondary N) is 1. The highest BCUT2D eigenvalue weighted by Gasteiger charge is 2.38. The first-order chi connectivity index (χ1) is 9.09. The lowest BCUT2D eigenvalue weighted by Crippen LogP contribution is -2.36. The maximum absolute atomic E-state index is 12.2. The molecule has 2 rings (SSSR count). The number of carbonyl (C=O) groups is 2. The van der Waals surface area contributed by atoms with Gasteiger partial charge in [-0.05, 0) is 37.5 Å². The predicted molar refractivity (Wildman–Crippen MR) is 69.3 cm³/mol. The van der Waals surface area contributed by atoms with E-state index in [0.29, 0.717) is 12.8 Å². The van der Waals surface area contributed by atoms with Crippen LogP contribution >= 0.6 is 0 Å². The summed E-state index contributed by atoms with van der Waals surface area (Å²) in [5.74, 6) is -1.96. The van der Waals surface area contributed by atoms with Gasteiger partial charge in [-0.2, -0.15) is 0 Å². The van der Waals surface area contributed by atoms with Crippen LogP contribution in [0.2, 0.25) is 0 Å². The normalized spacial score (nSPS) is 23.8. The molecule has 3 atom stereocenters. The van der Waals surface area contributed by atoms with Crippen molar-refractivity contribution in [3.63, 3.8) is 0 Å². The van der Waals surface area contributed by atoms with Gasteiger partial charge in [0, 0.05) is 12.4 Å². The lowest BCUT2D eigenvalue weighted by atomic mass is 9.95. The van der Waals surface area contributed by atoms with Gasteiger partial charge in [0.05, 0.1) is 17.9 Å². The summed E-state index contributed by atoms with van der Waals surface area (Å²) in [5.41, 5.74) is 0.966. The molecule has 102 valence electrons. The minimum absolute atomic E-state index is 0.134. The molecule has 0 aliphatic heterocycles. The molecule has 1 aliphatic carbocycles. The van der Waals surface area contributed by atoms with Gasteiger partial charge >= 0.3 is 5.97 Å². The van der Waals surface area contributed by atoms with Crippen molar-refractivity contribution in [2.75, 3.05) is 0 Å². The minimum atomic E-state index is -0.866. The minimum Gasteiger partial charge on any atom is -0.481 e. The highest BCUT2D eigenvalue weighted by Crippen LogP contribution is 2.32. The molecule has 1 aromatic heterocycles. The van der Waals surface area contributed by atoms with Crippen molar-refractivity contribution in [1.29, 1.82) is 0 Å². The molecule has 19 heavy (non-hydrogen) atoms. The zero-order chi connectivity index (χ0) is 13.8. The summed E-state index contributed by atoms with van der Waals surface area (Å²) >= 11 is 0. The summed E-state index contributed by atoms with van der Waals surface area (Å²) < 4.78 is 0. The van der Waals surface area contributed by atoms with Crippen LogP contribution in [-0.2, 0) is 9.59 Å². The molecule has 3 unspecified atom stereocenters. The SMILES string of the molecule is CC(NC(=O)C1CCCC1C(=O)O)c1ccncc1. The van der Waals surface area contributed by atoms with E-state index in [0.717, 1.165) is 12.0 Å². The Hall–Kier alpha value is -1.91. The molecule has 0 radical (unpaired) electrons. The molecule has 5 heteroatoms. The van der Waals surface area contributed by atoms with Gasteiger partial charge in [-0.1, -0.05) is 6.42 Å². The fourth-order valence-corrected chi connectivity index (χ4v) is 2.63. The molecule has 0 saturated heterocycles. The van der Waals surface area contributed by atoms with Crippen LogP contribution < -0.4 is 5.32 Å². The number of carbonyl (C=O) groups excluding carboxylic acids is 1. The van der Waals surface area contributed by atoms with Gasteiger partial charge in [0.15, 0.2) is 0 Å². The largest absolute Gasteiger partial charge is 0.481 e. The molecule has 1 amide bonds. The van der Waals surface area contributed by atoms with Crippen LogP contribution in [0.4, 0.5) is 0 Å². The fraction of sp³-hybridized carbons (Fsp3) is 0.500. The smallest absolute Gasteiger partial charge is 0.307 e. The Balaban J connectivity index is 1.99. The van der Waals surface area contributed by atoms with Crippen LogP contribution in [0.3, 0.4) is 0 Å². The second-order valence-electron chi connectivity index (χ2n) is 4.99. The highest BCUT2D eigenvalue weighted by atomic mass is 16.4. The Bertz CT molecular complexity index is 461. The third-order valence-corrected chi connectivity index (χ3v) is 3.73. The van der Waals surface area contributed by atoms with Gasteiger partial charge in [-0.25, -0.2) is 0 Å². The molecule has 1 aromatic rings. The molecule has 1 fully saturated rings. The number of amides is 1. The summed E-state index contributed by atoms with van der Waals surface area (Å²) in [6, 6.07) is 3.55. The van der Waals surface area contributed by atoms with E-state index in [1.165, 1.54) is 0 Å². The Kier molecular flexibility index (Phi) is 4.14. The monoisotopic (exact) mass is 262 g/mol. The second-order valence-corrected chi connectivity index (χ2v) is 4.99. The number of hydrogen-bond acceptors (Lipinski definition) is 3. The molecular formula is C14H18N2O3. The van der Waals surface area contributed by atoms with E-state index in [-0.39, 0.29) is 11.9 Å². The molecule has 0 spiro atoms. The molecule has 5 nitrogen and oxygen atoms in total. The standard InChI is InChI=1S/C14H18N2O3/c1-9(10-5-7-15-8-6-10)16-13(17)11-3-2-4-12(11)14(18)19/h5-9,11-12H,2-4H2,1H3,(H,16,17)(H,18,19). The van der Waals surface area contributed by atoms with Crippen molar-refractivity contribution in [2.24, 2.45) is 11.8 Å². The summed E-state index contributed by atoms with van der Waals surface area (Å²) in [6.07, 6.45) is 5.41. The van der Waals surface area contributed by atoms with Crippen molar-refractivity contribution in [1.82, 2.24) is 10.3 Å². The van der Waals surface area contributed by atoms with Crippen molar-refractivity contribution in [2.45, 2.75) is 32.2 Å². The van der Waals surface area contributed by atoms with E-state index in [1.807, 2.05) is 19.1 Å². The van der Waals surface area contributed by atoms with Crippen LogP contribution in [0.1, 0.15) is 37.8 Å². The Morgan fingerprint density at radius 2 is 1.95 bits per heavy atom. The van der Waals surface area contributed by atoms with Crippen molar-refractivity contribution in [3.05, 3.63) is 30.1 Å². The van der Waals surface area contributed by atoms with Gasteiger partial charge in [0.2, 0.25) is 5.91 Å². The van der Waals surface area contributed by atoms with Crippen molar-refractivity contribution in [3.8, 4) is 0 Å². The zero-order valence-corrected chi connectivity index (χ0v) is 10.9. The average Bonchev–Trinajstić information content (AvgIpc) is 2.89. The zero-order valence-electron chi connectivity index (χ0n) is 10.9. The van der Waals surface area contributed by atoms with E-state index >= 15 is 0 Å². The third kappa shape index (κ3) is 3.10. The van der Waals surface area contributed by atoms with Crippen LogP contribution in [-0.4, -0.2) is 22.0 Å². The van der Waals surface area contributed by atoms with E-state index < -0.39 is 17.8 Å². The first-order valence-electron chi connectivity index (χ1n) is 6.52. The Morgan fingerprint density at radius 3 is 2.58 bits per heavy atom. The quantitative estimate of drug-likeness (QED) is 0.866. The van der Waals surface area contributed by atoms with E-state index in [4.69, 9.17) is 5.11 Å². The van der Waals surface area contributed by atoms with Crippen LogP contribution in [0.25, 0.3) is 0 Å². The topological polar surface area (TPSA) is 79.3 Å². The third-order valence-electron chi connectivity index (χ3n) is 3.73. The van der Waals surface area contributed by atoms with Crippen LogP contribution in [0.5, 0.6) is 0 Å². The van der Waals surface area contributed by atoms with E-state index in [1.54, 1.807) is 12.4 Å². The Labute approximate surface area is 112 Å². The molecule has 1 aliphatic rings. The van der Waals surface area contributed by atoms with Crippen LogP contribution in [0, 0.1) is 11.8 Å². The number of aliphatic carboxylic acids is 1. The highest BCUT2D eigenvalue weighted by molar-refractivity contribution is 5.85. The van der Waals surface area contributed by atoms with Gasteiger partial charge in [0.25, 0.3) is 0 Å². The van der Waals surface area contributed by atoms with E-state index in [2.05, 4.69) is 10.3 Å². The van der Waals surface area contributed by atoms with Crippen LogP contribution in [0.15, 0.2) is 24.5 Å². The number of rotatable bonds is 4. The first kappa shape index (κ1) is 13.5. The summed E-state index contributed by atoms with van der Waals surface area (Å²) in [7, 11) is 0.